The molecule has 3 atom stereocenters. The SMILES string of the molecule is CCCCCCOc1nsnc1C1=CCC[N+](C)(C(C)OC(=O)[C@H]2CCOC2)C1. The van der Waals surface area contributed by atoms with Crippen LogP contribution in [-0.4, -0.2) is 65.4 Å². The van der Waals surface area contributed by atoms with E-state index in [0.717, 1.165) is 43.6 Å². The Bertz CT molecular complexity index is 702. The lowest BCUT2D eigenvalue weighted by molar-refractivity contribution is -0.944. The maximum atomic E-state index is 12.4. The number of aromatic nitrogens is 2. The van der Waals surface area contributed by atoms with Crippen LogP contribution in [0.15, 0.2) is 6.08 Å². The van der Waals surface area contributed by atoms with E-state index in [0.29, 0.717) is 30.2 Å². The first-order valence-corrected chi connectivity index (χ1v) is 11.5. The van der Waals surface area contributed by atoms with Gasteiger partial charge in [0.1, 0.15) is 12.2 Å². The van der Waals surface area contributed by atoms with Crippen LogP contribution < -0.4 is 4.74 Å². The minimum atomic E-state index is -0.225. The van der Waals surface area contributed by atoms with Crippen molar-refractivity contribution in [2.75, 3.05) is 40.0 Å². The quantitative estimate of drug-likeness (QED) is 0.324. The summed E-state index contributed by atoms with van der Waals surface area (Å²) < 4.78 is 26.6. The summed E-state index contributed by atoms with van der Waals surface area (Å²) in [5.74, 6) is 0.370. The zero-order valence-electron chi connectivity index (χ0n) is 17.9. The summed E-state index contributed by atoms with van der Waals surface area (Å²) in [7, 11) is 2.14. The van der Waals surface area contributed by atoms with Gasteiger partial charge in [-0.2, -0.15) is 4.37 Å². The van der Waals surface area contributed by atoms with Gasteiger partial charge in [0.2, 0.25) is 6.23 Å². The van der Waals surface area contributed by atoms with Crippen molar-refractivity contribution in [3.05, 3.63) is 11.8 Å². The van der Waals surface area contributed by atoms with Gasteiger partial charge in [-0.25, -0.2) is 0 Å². The number of carbonyl (C=O) groups excluding carboxylic acids is 1. The van der Waals surface area contributed by atoms with Gasteiger partial charge in [0.05, 0.1) is 44.5 Å². The number of carbonyl (C=O) groups is 1. The van der Waals surface area contributed by atoms with E-state index in [-0.39, 0.29) is 18.1 Å². The highest BCUT2D eigenvalue weighted by Crippen LogP contribution is 2.32. The second-order valence-electron chi connectivity index (χ2n) is 8.30. The van der Waals surface area contributed by atoms with Crippen molar-refractivity contribution in [3.8, 4) is 5.88 Å². The van der Waals surface area contributed by atoms with Crippen molar-refractivity contribution in [1.82, 2.24) is 8.75 Å². The smallest absolute Gasteiger partial charge is 0.315 e. The van der Waals surface area contributed by atoms with Crippen LogP contribution in [0.3, 0.4) is 0 Å². The Morgan fingerprint density at radius 2 is 2.24 bits per heavy atom. The van der Waals surface area contributed by atoms with E-state index in [4.69, 9.17) is 14.2 Å². The van der Waals surface area contributed by atoms with Gasteiger partial charge in [-0.1, -0.05) is 32.3 Å². The van der Waals surface area contributed by atoms with Crippen LogP contribution in [0, 0.1) is 5.92 Å². The molecule has 0 bridgehead atoms. The molecule has 162 valence electrons. The average Bonchev–Trinajstić information content (AvgIpc) is 3.40. The fourth-order valence-corrected chi connectivity index (χ4v) is 4.36. The van der Waals surface area contributed by atoms with Gasteiger partial charge < -0.3 is 14.2 Å². The molecule has 0 saturated carbocycles. The highest BCUT2D eigenvalue weighted by atomic mass is 32.1. The largest absolute Gasteiger partial charge is 0.475 e. The second-order valence-corrected chi connectivity index (χ2v) is 8.83. The van der Waals surface area contributed by atoms with Crippen molar-refractivity contribution in [2.24, 2.45) is 5.92 Å². The Morgan fingerprint density at radius 1 is 1.38 bits per heavy atom. The molecule has 0 amide bonds. The third-order valence-corrected chi connectivity index (χ3v) is 6.50. The lowest BCUT2D eigenvalue weighted by atomic mass is 10.0. The van der Waals surface area contributed by atoms with Crippen LogP contribution in [0.5, 0.6) is 5.88 Å². The molecular formula is C21H34N3O4S+. The van der Waals surface area contributed by atoms with Crippen LogP contribution in [0.25, 0.3) is 5.57 Å². The molecule has 0 aliphatic carbocycles. The molecule has 3 rings (SSSR count). The van der Waals surface area contributed by atoms with Crippen LogP contribution in [-0.2, 0) is 14.3 Å². The predicted molar refractivity (Wildman–Crippen MR) is 113 cm³/mol. The summed E-state index contributed by atoms with van der Waals surface area (Å²) in [5, 5.41) is 0. The molecule has 0 radical (unpaired) electrons. The molecule has 1 aromatic rings. The monoisotopic (exact) mass is 424 g/mol. The van der Waals surface area contributed by atoms with Crippen molar-refractivity contribution in [2.45, 2.75) is 58.6 Å². The van der Waals surface area contributed by atoms with Gasteiger partial charge in [-0.3, -0.25) is 9.28 Å². The highest BCUT2D eigenvalue weighted by molar-refractivity contribution is 6.99. The molecule has 0 spiro atoms. The molecule has 2 aliphatic rings. The summed E-state index contributed by atoms with van der Waals surface area (Å²) >= 11 is 1.19. The standard InChI is InChI=1S/C21H34N3O4S/c1-4-5-6-7-12-27-20-19(22-29-23-20)17-9-8-11-24(3,14-17)16(2)28-21(25)18-10-13-26-15-18/h9,16,18H,4-8,10-15H2,1-3H3/q+1/t16?,18-,24?/m0/s1. The zero-order chi connectivity index (χ0) is 20.7. The van der Waals surface area contributed by atoms with E-state index in [1.807, 2.05) is 6.92 Å². The Balaban J connectivity index is 1.59. The Hall–Kier alpha value is -1.51. The summed E-state index contributed by atoms with van der Waals surface area (Å²) in [6, 6.07) is 0. The lowest BCUT2D eigenvalue weighted by Gasteiger charge is -2.41. The first-order valence-electron chi connectivity index (χ1n) is 10.8. The number of esters is 1. The topological polar surface area (TPSA) is 70.5 Å². The number of unbranched alkanes of at least 4 members (excludes halogenated alkanes) is 3. The van der Waals surface area contributed by atoms with Gasteiger partial charge in [-0.15, -0.1) is 4.37 Å². The van der Waals surface area contributed by atoms with Crippen LogP contribution in [0.2, 0.25) is 0 Å². The number of rotatable bonds is 10. The van der Waals surface area contributed by atoms with Crippen molar-refractivity contribution >= 4 is 23.3 Å². The number of ether oxygens (including phenoxy) is 3. The normalized spacial score (nSPS) is 25.5. The van der Waals surface area contributed by atoms with Gasteiger partial charge in [0.25, 0.3) is 5.88 Å². The predicted octanol–water partition coefficient (Wildman–Crippen LogP) is 3.66. The Morgan fingerprint density at radius 3 is 3.00 bits per heavy atom. The molecule has 2 unspecified atom stereocenters. The van der Waals surface area contributed by atoms with Crippen molar-refractivity contribution < 1.29 is 23.5 Å². The molecule has 29 heavy (non-hydrogen) atoms. The molecule has 7 nitrogen and oxygen atoms in total. The zero-order valence-corrected chi connectivity index (χ0v) is 18.7. The molecule has 0 aromatic carbocycles. The van der Waals surface area contributed by atoms with E-state index in [1.54, 1.807) is 0 Å². The number of likely N-dealkylation sites (N-methyl/N-ethyl adjacent to an activating group) is 1. The van der Waals surface area contributed by atoms with Gasteiger partial charge >= 0.3 is 5.97 Å². The average molecular weight is 425 g/mol. The van der Waals surface area contributed by atoms with Gasteiger partial charge in [-0.05, 0) is 12.8 Å². The molecule has 2 aliphatic heterocycles. The molecule has 8 heteroatoms. The van der Waals surface area contributed by atoms with E-state index in [1.165, 1.54) is 31.0 Å². The fourth-order valence-electron chi connectivity index (χ4n) is 3.83. The lowest BCUT2D eigenvalue weighted by Crippen LogP contribution is -2.55. The molecule has 3 heterocycles. The summed E-state index contributed by atoms with van der Waals surface area (Å²) in [6.07, 6.45) is 8.32. The van der Waals surface area contributed by atoms with Gasteiger partial charge in [0, 0.05) is 25.5 Å². The Kier molecular flexibility index (Phi) is 8.03. The van der Waals surface area contributed by atoms with Crippen LogP contribution >= 0.6 is 11.7 Å². The first kappa shape index (κ1) is 22.2. The molecule has 1 saturated heterocycles. The minimum absolute atomic E-state index is 0.126. The second kappa shape index (κ2) is 10.5. The van der Waals surface area contributed by atoms with Crippen molar-refractivity contribution in [3.63, 3.8) is 0 Å². The maximum absolute atomic E-state index is 12.4. The Labute approximate surface area is 177 Å². The third-order valence-electron chi connectivity index (χ3n) is 5.99. The van der Waals surface area contributed by atoms with Crippen LogP contribution in [0.1, 0.15) is 58.1 Å². The van der Waals surface area contributed by atoms with Crippen LogP contribution in [0.4, 0.5) is 0 Å². The molecular weight excluding hydrogens is 390 g/mol. The summed E-state index contributed by atoms with van der Waals surface area (Å²) in [5.41, 5.74) is 1.97. The van der Waals surface area contributed by atoms with E-state index < -0.39 is 0 Å². The molecule has 1 fully saturated rings. The van der Waals surface area contributed by atoms with E-state index >= 15 is 0 Å². The summed E-state index contributed by atoms with van der Waals surface area (Å²) in [6.45, 7) is 7.65. The van der Waals surface area contributed by atoms with Gasteiger partial charge in [0.15, 0.2) is 0 Å². The first-order chi connectivity index (χ1) is 14.0. The fraction of sp³-hybridized carbons (Fsp3) is 0.762. The molecule has 1 aromatic heterocycles. The van der Waals surface area contributed by atoms with Crippen molar-refractivity contribution in [1.29, 1.82) is 0 Å². The minimum Gasteiger partial charge on any atom is -0.475 e. The number of hydrogen-bond acceptors (Lipinski definition) is 7. The number of quaternary nitrogens is 1. The van der Waals surface area contributed by atoms with E-state index in [2.05, 4.69) is 28.8 Å². The maximum Gasteiger partial charge on any atom is 0.315 e. The number of nitrogens with zero attached hydrogens (tertiary/aromatic N) is 3. The van der Waals surface area contributed by atoms with E-state index in [9.17, 15) is 4.79 Å². The summed E-state index contributed by atoms with van der Waals surface area (Å²) in [4.78, 5) is 12.4. The number of hydrogen-bond donors (Lipinski definition) is 0. The third kappa shape index (κ3) is 5.77. The molecule has 0 N–H and O–H groups in total. The highest BCUT2D eigenvalue weighted by Gasteiger charge is 2.38.